The van der Waals surface area contributed by atoms with Gasteiger partial charge in [0.15, 0.2) is 0 Å². The van der Waals surface area contributed by atoms with Gasteiger partial charge in [-0.05, 0) is 37.8 Å². The zero-order valence-electron chi connectivity index (χ0n) is 16.5. The number of aryl methyl sites for hydroxylation is 1. The molecule has 3 rings (SSSR count). The molecule has 0 bridgehead atoms. The lowest BCUT2D eigenvalue weighted by Crippen LogP contribution is -2.49. The van der Waals surface area contributed by atoms with Crippen LogP contribution >= 0.6 is 0 Å². The molecule has 0 radical (unpaired) electrons. The van der Waals surface area contributed by atoms with Crippen molar-refractivity contribution in [3.8, 4) is 0 Å². The lowest BCUT2D eigenvalue weighted by atomic mass is 10.0. The number of carbonyl (C=O) groups excluding carboxylic acids is 1. The number of piperidine rings is 1. The maximum Gasteiger partial charge on any atom is 0.257 e. The Morgan fingerprint density at radius 2 is 2.07 bits per heavy atom. The van der Waals surface area contributed by atoms with Crippen molar-refractivity contribution in [2.45, 2.75) is 45.1 Å². The second-order valence-electron chi connectivity index (χ2n) is 7.38. The van der Waals surface area contributed by atoms with Crippen LogP contribution in [0.4, 0.5) is 0 Å². The normalized spacial score (nSPS) is 17.6. The van der Waals surface area contributed by atoms with Crippen LogP contribution in [0.2, 0.25) is 0 Å². The van der Waals surface area contributed by atoms with E-state index in [0.29, 0.717) is 5.56 Å². The third kappa shape index (κ3) is 5.13. The van der Waals surface area contributed by atoms with Crippen LogP contribution < -0.4 is 0 Å². The summed E-state index contributed by atoms with van der Waals surface area (Å²) >= 11 is 0. The van der Waals surface area contributed by atoms with Crippen molar-refractivity contribution in [2.24, 2.45) is 0 Å². The van der Waals surface area contributed by atoms with Crippen LogP contribution in [0, 0.1) is 0 Å². The number of carbonyl (C=O) groups is 1. The van der Waals surface area contributed by atoms with Gasteiger partial charge in [0.05, 0.1) is 11.3 Å². The van der Waals surface area contributed by atoms with Crippen LogP contribution in [0.3, 0.4) is 0 Å². The quantitative estimate of drug-likeness (QED) is 0.755. The van der Waals surface area contributed by atoms with E-state index in [4.69, 9.17) is 0 Å². The lowest BCUT2D eigenvalue weighted by Gasteiger charge is -2.37. The predicted molar refractivity (Wildman–Crippen MR) is 108 cm³/mol. The molecular formula is C22H30N4O. The highest BCUT2D eigenvalue weighted by molar-refractivity contribution is 5.95. The van der Waals surface area contributed by atoms with Gasteiger partial charge in [0, 0.05) is 32.4 Å². The Labute approximate surface area is 162 Å². The van der Waals surface area contributed by atoms with Gasteiger partial charge < -0.3 is 9.80 Å². The molecule has 0 saturated carbocycles. The minimum absolute atomic E-state index is 0.0500. The van der Waals surface area contributed by atoms with Gasteiger partial charge in [-0.1, -0.05) is 43.7 Å². The van der Waals surface area contributed by atoms with E-state index in [1.807, 2.05) is 11.9 Å². The van der Waals surface area contributed by atoms with Gasteiger partial charge in [-0.15, -0.1) is 0 Å². The van der Waals surface area contributed by atoms with E-state index in [1.54, 1.807) is 6.20 Å². The number of likely N-dealkylation sites (N-methyl/N-ethyl adjacent to an activating group) is 1. The number of likely N-dealkylation sites (tertiary alicyclic amines) is 1. The molecule has 2 aromatic rings. The summed E-state index contributed by atoms with van der Waals surface area (Å²) in [6, 6.07) is 10.9. The molecule has 0 unspecified atom stereocenters. The molecule has 1 saturated heterocycles. The average molecular weight is 367 g/mol. The maximum atomic E-state index is 13.1. The molecule has 1 atom stereocenters. The molecule has 1 aromatic heterocycles. The molecule has 1 fully saturated rings. The van der Waals surface area contributed by atoms with E-state index in [1.165, 1.54) is 11.9 Å². The third-order valence-electron chi connectivity index (χ3n) is 5.42. The Morgan fingerprint density at radius 3 is 2.85 bits per heavy atom. The van der Waals surface area contributed by atoms with Gasteiger partial charge in [0.1, 0.15) is 6.33 Å². The first-order valence-corrected chi connectivity index (χ1v) is 10.0. The van der Waals surface area contributed by atoms with Crippen LogP contribution in [-0.2, 0) is 12.8 Å². The van der Waals surface area contributed by atoms with Crippen molar-refractivity contribution in [2.75, 3.05) is 26.7 Å². The molecule has 1 aliphatic rings. The predicted octanol–water partition coefficient (Wildman–Crippen LogP) is 3.21. The third-order valence-corrected chi connectivity index (χ3v) is 5.42. The molecule has 0 N–H and O–H groups in total. The summed E-state index contributed by atoms with van der Waals surface area (Å²) in [5.41, 5.74) is 2.89. The Morgan fingerprint density at radius 1 is 1.26 bits per heavy atom. The highest BCUT2D eigenvalue weighted by Crippen LogP contribution is 2.19. The fraction of sp³-hybridized carbons (Fsp3) is 0.500. The molecule has 2 heterocycles. The van der Waals surface area contributed by atoms with Crippen molar-refractivity contribution in [3.05, 3.63) is 59.7 Å². The van der Waals surface area contributed by atoms with Gasteiger partial charge in [-0.25, -0.2) is 9.97 Å². The summed E-state index contributed by atoms with van der Waals surface area (Å²) in [5.74, 6) is 0.0500. The molecule has 1 amide bonds. The van der Waals surface area contributed by atoms with E-state index < -0.39 is 0 Å². The largest absolute Gasteiger partial charge is 0.337 e. The SMILES string of the molecule is CCCc1ncncc1C(=O)N(C)[C@H]1CCCN(CCc2ccccc2)C1. The lowest BCUT2D eigenvalue weighted by molar-refractivity contribution is 0.0617. The molecule has 5 heteroatoms. The number of amides is 1. The monoisotopic (exact) mass is 366 g/mol. The summed E-state index contributed by atoms with van der Waals surface area (Å²) in [6.07, 6.45) is 8.23. The number of hydrogen-bond donors (Lipinski definition) is 0. The molecule has 1 aliphatic heterocycles. The Kier molecular flexibility index (Phi) is 6.93. The summed E-state index contributed by atoms with van der Waals surface area (Å²) in [7, 11) is 1.93. The smallest absolute Gasteiger partial charge is 0.257 e. The van der Waals surface area contributed by atoms with E-state index >= 15 is 0 Å². The summed E-state index contributed by atoms with van der Waals surface area (Å²) in [5, 5.41) is 0. The van der Waals surface area contributed by atoms with E-state index in [2.05, 4.69) is 52.1 Å². The van der Waals surface area contributed by atoms with Gasteiger partial charge in [-0.2, -0.15) is 0 Å². The Bertz CT molecular complexity index is 734. The fourth-order valence-corrected chi connectivity index (χ4v) is 3.81. The van der Waals surface area contributed by atoms with Crippen LogP contribution in [0.15, 0.2) is 42.9 Å². The van der Waals surface area contributed by atoms with Crippen LogP contribution in [0.1, 0.15) is 47.8 Å². The van der Waals surface area contributed by atoms with Crippen LogP contribution in [0.5, 0.6) is 0 Å². The molecule has 27 heavy (non-hydrogen) atoms. The van der Waals surface area contributed by atoms with Crippen LogP contribution in [-0.4, -0.2) is 58.4 Å². The second-order valence-corrected chi connectivity index (χ2v) is 7.38. The van der Waals surface area contributed by atoms with Crippen molar-refractivity contribution < 1.29 is 4.79 Å². The summed E-state index contributed by atoms with van der Waals surface area (Å²) in [4.78, 5) is 25.9. The van der Waals surface area contributed by atoms with Gasteiger partial charge in [0.25, 0.3) is 5.91 Å². The molecule has 0 aliphatic carbocycles. The van der Waals surface area contributed by atoms with E-state index in [9.17, 15) is 4.79 Å². The zero-order chi connectivity index (χ0) is 19.1. The highest BCUT2D eigenvalue weighted by Gasteiger charge is 2.27. The fourth-order valence-electron chi connectivity index (χ4n) is 3.81. The Hall–Kier alpha value is -2.27. The van der Waals surface area contributed by atoms with Gasteiger partial charge in [0.2, 0.25) is 0 Å². The zero-order valence-corrected chi connectivity index (χ0v) is 16.5. The average Bonchev–Trinajstić information content (AvgIpc) is 2.73. The minimum Gasteiger partial charge on any atom is -0.337 e. The minimum atomic E-state index is 0.0500. The van der Waals surface area contributed by atoms with Crippen LogP contribution in [0.25, 0.3) is 0 Å². The second kappa shape index (κ2) is 9.60. The first-order chi connectivity index (χ1) is 13.2. The number of aromatic nitrogens is 2. The standard InChI is InChI=1S/C22H30N4O/c1-3-8-21-20(15-23-17-24-21)22(27)25(2)19-11-7-13-26(16-19)14-12-18-9-5-4-6-10-18/h4-6,9-10,15,17,19H,3,7-8,11-14,16H2,1-2H3/t19-/m0/s1. The molecule has 5 nitrogen and oxygen atoms in total. The summed E-state index contributed by atoms with van der Waals surface area (Å²) < 4.78 is 0. The maximum absolute atomic E-state index is 13.1. The Balaban J connectivity index is 1.61. The van der Waals surface area contributed by atoms with E-state index in [-0.39, 0.29) is 11.9 Å². The molecule has 1 aromatic carbocycles. The molecule has 144 valence electrons. The first kappa shape index (κ1) is 19.5. The van der Waals surface area contributed by atoms with Gasteiger partial charge >= 0.3 is 0 Å². The van der Waals surface area contributed by atoms with E-state index in [0.717, 1.165) is 57.4 Å². The van der Waals surface area contributed by atoms with Gasteiger partial charge in [-0.3, -0.25) is 4.79 Å². The summed E-state index contributed by atoms with van der Waals surface area (Å²) in [6.45, 7) is 5.19. The van der Waals surface area contributed by atoms with Crippen molar-refractivity contribution in [1.82, 2.24) is 19.8 Å². The first-order valence-electron chi connectivity index (χ1n) is 10.0. The number of rotatable bonds is 7. The topological polar surface area (TPSA) is 49.3 Å². The molecular weight excluding hydrogens is 336 g/mol. The number of hydrogen-bond acceptors (Lipinski definition) is 4. The highest BCUT2D eigenvalue weighted by atomic mass is 16.2. The molecule has 0 spiro atoms. The number of benzene rings is 1. The number of nitrogens with zero attached hydrogens (tertiary/aromatic N) is 4. The van der Waals surface area contributed by atoms with Crippen molar-refractivity contribution in [1.29, 1.82) is 0 Å². The van der Waals surface area contributed by atoms with Crippen molar-refractivity contribution in [3.63, 3.8) is 0 Å². The van der Waals surface area contributed by atoms with Crippen molar-refractivity contribution >= 4 is 5.91 Å².